The number of esters is 1. The van der Waals surface area contributed by atoms with Crippen LogP contribution in [-0.4, -0.2) is 50.9 Å². The Morgan fingerprint density at radius 2 is 1.70 bits per heavy atom. The minimum atomic E-state index is -0.671. The lowest BCUT2D eigenvalue weighted by Crippen LogP contribution is -2.37. The first-order valence-electron chi connectivity index (χ1n) is 9.00. The van der Waals surface area contributed by atoms with Gasteiger partial charge in [0.2, 0.25) is 11.7 Å². The Morgan fingerprint density at radius 1 is 1.11 bits per heavy atom. The highest BCUT2D eigenvalue weighted by Gasteiger charge is 2.30. The van der Waals surface area contributed by atoms with Crippen LogP contribution >= 0.6 is 0 Å². The summed E-state index contributed by atoms with van der Waals surface area (Å²) in [5.74, 6) is 0.483. The molecule has 0 bridgehead atoms. The van der Waals surface area contributed by atoms with Crippen molar-refractivity contribution in [3.05, 3.63) is 17.7 Å². The lowest BCUT2D eigenvalue weighted by molar-refractivity contribution is -0.143. The van der Waals surface area contributed by atoms with Gasteiger partial charge < -0.3 is 23.8 Å². The average molecular weight is 379 g/mol. The van der Waals surface area contributed by atoms with Gasteiger partial charge in [0.1, 0.15) is 6.23 Å². The Morgan fingerprint density at radius 3 is 2.19 bits per heavy atom. The van der Waals surface area contributed by atoms with E-state index in [1.807, 2.05) is 0 Å². The van der Waals surface area contributed by atoms with Gasteiger partial charge in [-0.15, -0.1) is 0 Å². The van der Waals surface area contributed by atoms with Crippen molar-refractivity contribution < 1.29 is 28.5 Å². The number of carbonyl (C=O) groups excluding carboxylic acids is 2. The van der Waals surface area contributed by atoms with E-state index in [1.165, 1.54) is 14.2 Å². The Labute approximate surface area is 160 Å². The summed E-state index contributed by atoms with van der Waals surface area (Å²) in [5.41, 5.74) is 0.0428. The van der Waals surface area contributed by atoms with Crippen LogP contribution in [0.1, 0.15) is 39.2 Å². The zero-order chi connectivity index (χ0) is 20.2. The van der Waals surface area contributed by atoms with Crippen molar-refractivity contribution in [1.82, 2.24) is 4.90 Å². The minimum Gasteiger partial charge on any atom is -0.493 e. The summed E-state index contributed by atoms with van der Waals surface area (Å²) in [5, 5.41) is 0. The SMILES string of the molecule is COc1cc(CC(=O)N2CCCC2OC)cc(OC)c1OC(=O)C(C)(C)C. The second-order valence-corrected chi connectivity index (χ2v) is 7.57. The summed E-state index contributed by atoms with van der Waals surface area (Å²) < 4.78 is 21.6. The molecular weight excluding hydrogens is 350 g/mol. The molecule has 1 aliphatic heterocycles. The number of ether oxygens (including phenoxy) is 4. The highest BCUT2D eigenvalue weighted by atomic mass is 16.6. The van der Waals surface area contributed by atoms with Crippen molar-refractivity contribution >= 4 is 11.9 Å². The van der Waals surface area contributed by atoms with Gasteiger partial charge in [-0.05, 0) is 51.3 Å². The molecule has 7 nitrogen and oxygen atoms in total. The lowest BCUT2D eigenvalue weighted by Gasteiger charge is -2.24. The van der Waals surface area contributed by atoms with Gasteiger partial charge in [0.15, 0.2) is 11.5 Å². The van der Waals surface area contributed by atoms with Crippen LogP contribution in [0.4, 0.5) is 0 Å². The van der Waals surface area contributed by atoms with E-state index in [9.17, 15) is 9.59 Å². The fourth-order valence-electron chi connectivity index (χ4n) is 2.93. The zero-order valence-electron chi connectivity index (χ0n) is 17.0. The van der Waals surface area contributed by atoms with Crippen molar-refractivity contribution in [1.29, 1.82) is 0 Å². The topological polar surface area (TPSA) is 74.3 Å². The molecule has 0 saturated carbocycles. The second kappa shape index (κ2) is 8.61. The summed E-state index contributed by atoms with van der Waals surface area (Å²) >= 11 is 0. The van der Waals surface area contributed by atoms with Crippen LogP contribution in [0.5, 0.6) is 17.2 Å². The Bertz CT molecular complexity index is 669. The van der Waals surface area contributed by atoms with E-state index in [0.717, 1.165) is 12.8 Å². The smallest absolute Gasteiger partial charge is 0.316 e. The Hall–Kier alpha value is -2.28. The van der Waals surface area contributed by atoms with Gasteiger partial charge >= 0.3 is 5.97 Å². The molecule has 1 saturated heterocycles. The molecule has 150 valence electrons. The summed E-state index contributed by atoms with van der Waals surface area (Å²) in [4.78, 5) is 26.7. The molecule has 1 amide bonds. The van der Waals surface area contributed by atoms with Crippen molar-refractivity contribution in [2.45, 2.75) is 46.3 Å². The highest BCUT2D eigenvalue weighted by molar-refractivity contribution is 5.81. The molecule has 1 aromatic rings. The molecule has 0 aliphatic carbocycles. The van der Waals surface area contributed by atoms with Gasteiger partial charge in [-0.2, -0.15) is 0 Å². The Kier molecular flexibility index (Phi) is 6.70. The number of hydrogen-bond donors (Lipinski definition) is 0. The molecule has 1 fully saturated rings. The maximum Gasteiger partial charge on any atom is 0.316 e. The third kappa shape index (κ3) is 4.91. The number of hydrogen-bond acceptors (Lipinski definition) is 6. The van der Waals surface area contributed by atoms with Crippen LogP contribution in [0.2, 0.25) is 0 Å². The monoisotopic (exact) mass is 379 g/mol. The maximum atomic E-state index is 12.7. The van der Waals surface area contributed by atoms with E-state index in [1.54, 1.807) is 44.9 Å². The molecule has 0 aromatic heterocycles. The molecular formula is C20H29NO6. The normalized spacial score (nSPS) is 17.0. The first-order valence-corrected chi connectivity index (χ1v) is 9.00. The van der Waals surface area contributed by atoms with E-state index in [4.69, 9.17) is 18.9 Å². The third-order valence-electron chi connectivity index (χ3n) is 4.47. The van der Waals surface area contributed by atoms with E-state index >= 15 is 0 Å². The molecule has 27 heavy (non-hydrogen) atoms. The number of amides is 1. The van der Waals surface area contributed by atoms with Crippen LogP contribution in [0.15, 0.2) is 12.1 Å². The largest absolute Gasteiger partial charge is 0.493 e. The first kappa shape index (κ1) is 21.0. The third-order valence-corrected chi connectivity index (χ3v) is 4.47. The lowest BCUT2D eigenvalue weighted by atomic mass is 9.97. The van der Waals surface area contributed by atoms with E-state index < -0.39 is 11.4 Å². The second-order valence-electron chi connectivity index (χ2n) is 7.57. The summed E-state index contributed by atoms with van der Waals surface area (Å²) in [7, 11) is 4.58. The molecule has 1 heterocycles. The van der Waals surface area contributed by atoms with Gasteiger partial charge in [0.05, 0.1) is 26.1 Å². The standard InChI is InChI=1S/C20H29NO6/c1-20(2,3)19(23)27-18-14(24-4)10-13(11-15(18)25-5)12-16(22)21-9-7-8-17(21)26-6/h10-11,17H,7-9,12H2,1-6H3. The molecule has 7 heteroatoms. The average Bonchev–Trinajstić information content (AvgIpc) is 3.10. The predicted octanol–water partition coefficient (Wildman–Crippen LogP) is 2.79. The van der Waals surface area contributed by atoms with Crippen molar-refractivity contribution in [3.63, 3.8) is 0 Å². The maximum absolute atomic E-state index is 12.7. The van der Waals surface area contributed by atoms with E-state index in [-0.39, 0.29) is 24.3 Å². The predicted molar refractivity (Wildman–Crippen MR) is 100 cm³/mol. The van der Waals surface area contributed by atoms with Crippen LogP contribution < -0.4 is 14.2 Å². The number of carbonyl (C=O) groups is 2. The highest BCUT2D eigenvalue weighted by Crippen LogP contribution is 2.40. The summed E-state index contributed by atoms with van der Waals surface area (Å²) in [6.45, 7) is 5.99. The number of benzene rings is 1. The van der Waals surface area contributed by atoms with Gasteiger partial charge in [-0.3, -0.25) is 9.59 Å². The Balaban J connectivity index is 2.26. The van der Waals surface area contributed by atoms with Crippen molar-refractivity contribution in [3.8, 4) is 17.2 Å². The van der Waals surface area contributed by atoms with E-state index in [0.29, 0.717) is 23.6 Å². The molecule has 1 aliphatic rings. The number of methoxy groups -OCH3 is 3. The number of nitrogens with zero attached hydrogens (tertiary/aromatic N) is 1. The molecule has 0 N–H and O–H groups in total. The van der Waals surface area contributed by atoms with Gasteiger partial charge in [0, 0.05) is 13.7 Å². The van der Waals surface area contributed by atoms with Crippen LogP contribution in [0.3, 0.4) is 0 Å². The fraction of sp³-hybridized carbons (Fsp3) is 0.600. The van der Waals surface area contributed by atoms with E-state index in [2.05, 4.69) is 0 Å². The quantitative estimate of drug-likeness (QED) is 0.559. The minimum absolute atomic E-state index is 0.0251. The molecule has 0 spiro atoms. The fourth-order valence-corrected chi connectivity index (χ4v) is 2.93. The van der Waals surface area contributed by atoms with Crippen molar-refractivity contribution in [2.24, 2.45) is 5.41 Å². The van der Waals surface area contributed by atoms with Gasteiger partial charge in [-0.1, -0.05) is 0 Å². The zero-order valence-corrected chi connectivity index (χ0v) is 17.0. The molecule has 1 aromatic carbocycles. The molecule has 1 unspecified atom stereocenters. The summed E-state index contributed by atoms with van der Waals surface area (Å²) in [6, 6.07) is 3.40. The molecule has 1 atom stereocenters. The van der Waals surface area contributed by atoms with Crippen LogP contribution in [-0.2, 0) is 20.7 Å². The number of likely N-dealkylation sites (tertiary alicyclic amines) is 1. The van der Waals surface area contributed by atoms with Crippen LogP contribution in [0.25, 0.3) is 0 Å². The van der Waals surface area contributed by atoms with Crippen molar-refractivity contribution in [2.75, 3.05) is 27.9 Å². The first-order chi connectivity index (χ1) is 12.7. The summed E-state index contributed by atoms with van der Waals surface area (Å²) in [6.07, 6.45) is 1.78. The van der Waals surface area contributed by atoms with Crippen LogP contribution in [0, 0.1) is 5.41 Å². The number of rotatable bonds is 6. The molecule has 0 radical (unpaired) electrons. The van der Waals surface area contributed by atoms with Gasteiger partial charge in [-0.25, -0.2) is 0 Å². The van der Waals surface area contributed by atoms with Gasteiger partial charge in [0.25, 0.3) is 0 Å². The molecule has 2 rings (SSSR count).